The van der Waals surface area contributed by atoms with Crippen LogP contribution in [0.4, 0.5) is 5.69 Å². The summed E-state index contributed by atoms with van der Waals surface area (Å²) in [6.07, 6.45) is 1.65. The smallest absolute Gasteiger partial charge is 0.251 e. The molecule has 0 spiro atoms. The van der Waals surface area contributed by atoms with Gasteiger partial charge in [-0.25, -0.2) is 0 Å². The van der Waals surface area contributed by atoms with E-state index in [1.54, 1.807) is 54.2 Å². The third-order valence-corrected chi connectivity index (χ3v) is 5.97. The molecule has 3 aromatic rings. The number of allylic oxidation sites excluding steroid dienone is 1. The molecule has 3 rings (SSSR count). The van der Waals surface area contributed by atoms with Gasteiger partial charge in [-0.15, -0.1) is 16.8 Å². The van der Waals surface area contributed by atoms with E-state index in [9.17, 15) is 14.7 Å². The summed E-state index contributed by atoms with van der Waals surface area (Å²) in [4.78, 5) is 25.3. The lowest BCUT2D eigenvalue weighted by atomic mass is 10.2. The molecule has 0 saturated heterocycles. The van der Waals surface area contributed by atoms with Gasteiger partial charge < -0.3 is 29.8 Å². The van der Waals surface area contributed by atoms with Gasteiger partial charge in [-0.2, -0.15) is 0 Å². The molecule has 1 heterocycles. The van der Waals surface area contributed by atoms with Crippen molar-refractivity contribution in [1.82, 2.24) is 20.1 Å². The number of ether oxygens (including phenoxy) is 2. The minimum Gasteiger partial charge on any atom is -0.497 e. The van der Waals surface area contributed by atoms with Crippen LogP contribution < -0.4 is 20.1 Å². The largest absolute Gasteiger partial charge is 0.497 e. The minimum absolute atomic E-state index is 0.0672. The van der Waals surface area contributed by atoms with Crippen molar-refractivity contribution in [3.63, 3.8) is 0 Å². The maximum atomic E-state index is 12.7. The fourth-order valence-corrected chi connectivity index (χ4v) is 4.06. The number of aliphatic hydroxyl groups excluding tert-OH is 1. The minimum atomic E-state index is -0.812. The molecule has 0 unspecified atom stereocenters. The third kappa shape index (κ3) is 6.86. The number of hydrogen-bond acceptors (Lipinski definition) is 8. The molecule has 36 heavy (non-hydrogen) atoms. The van der Waals surface area contributed by atoms with Gasteiger partial charge >= 0.3 is 0 Å². The van der Waals surface area contributed by atoms with Crippen molar-refractivity contribution >= 4 is 29.3 Å². The first-order valence-electron chi connectivity index (χ1n) is 11.2. The lowest BCUT2D eigenvalue weighted by Crippen LogP contribution is -2.33. The van der Waals surface area contributed by atoms with Crippen LogP contribution in [0.15, 0.2) is 66.3 Å². The number of methoxy groups -OCH3 is 1. The van der Waals surface area contributed by atoms with Crippen LogP contribution >= 0.6 is 11.8 Å². The van der Waals surface area contributed by atoms with Crippen LogP contribution in [0.2, 0.25) is 0 Å². The second-order valence-electron chi connectivity index (χ2n) is 7.44. The summed E-state index contributed by atoms with van der Waals surface area (Å²) in [6.45, 7) is 6.06. The van der Waals surface area contributed by atoms with E-state index in [-0.39, 0.29) is 17.6 Å². The number of carbonyl (C=O) groups is 2. The number of amides is 2. The fraction of sp³-hybridized carbons (Fsp3) is 0.280. The van der Waals surface area contributed by atoms with Crippen molar-refractivity contribution in [2.45, 2.75) is 24.7 Å². The van der Waals surface area contributed by atoms with E-state index < -0.39 is 12.6 Å². The summed E-state index contributed by atoms with van der Waals surface area (Å²) >= 11 is 1.18. The molecule has 0 aliphatic heterocycles. The van der Waals surface area contributed by atoms with Crippen LogP contribution in [0, 0.1) is 0 Å². The quantitative estimate of drug-likeness (QED) is 0.236. The summed E-state index contributed by atoms with van der Waals surface area (Å²) in [5.74, 6) is 1.01. The number of thioether (sulfide) groups is 1. The predicted molar refractivity (Wildman–Crippen MR) is 137 cm³/mol. The van der Waals surface area contributed by atoms with Gasteiger partial charge in [0, 0.05) is 12.1 Å². The third-order valence-electron chi connectivity index (χ3n) is 5.00. The van der Waals surface area contributed by atoms with Crippen LogP contribution in [0.3, 0.4) is 0 Å². The van der Waals surface area contributed by atoms with Crippen molar-refractivity contribution in [3.05, 3.63) is 72.6 Å². The van der Waals surface area contributed by atoms with Gasteiger partial charge in [0.05, 0.1) is 31.8 Å². The number of benzene rings is 2. The van der Waals surface area contributed by atoms with Gasteiger partial charge in [-0.1, -0.05) is 30.0 Å². The molecule has 11 heteroatoms. The Morgan fingerprint density at radius 2 is 1.94 bits per heavy atom. The molecule has 10 nitrogen and oxygen atoms in total. The normalized spacial score (nSPS) is 11.4. The maximum Gasteiger partial charge on any atom is 0.251 e. The van der Waals surface area contributed by atoms with E-state index in [0.717, 1.165) is 0 Å². The number of anilines is 1. The number of aliphatic hydroxyl groups is 1. The van der Waals surface area contributed by atoms with Gasteiger partial charge in [-0.05, 0) is 43.3 Å². The molecule has 190 valence electrons. The Hall–Kier alpha value is -3.83. The highest BCUT2D eigenvalue weighted by atomic mass is 32.2. The lowest BCUT2D eigenvalue weighted by molar-refractivity contribution is -0.113. The number of rotatable bonds is 13. The first-order chi connectivity index (χ1) is 17.5. The summed E-state index contributed by atoms with van der Waals surface area (Å²) in [5, 5.41) is 24.4. The lowest BCUT2D eigenvalue weighted by Gasteiger charge is -2.17. The van der Waals surface area contributed by atoms with Crippen molar-refractivity contribution < 1.29 is 24.2 Å². The van der Waals surface area contributed by atoms with Gasteiger partial charge in [0.25, 0.3) is 5.91 Å². The zero-order valence-corrected chi connectivity index (χ0v) is 21.0. The molecule has 1 atom stereocenters. The van der Waals surface area contributed by atoms with E-state index in [4.69, 9.17) is 9.47 Å². The highest BCUT2D eigenvalue weighted by molar-refractivity contribution is 7.99. The topological polar surface area (TPSA) is 128 Å². The summed E-state index contributed by atoms with van der Waals surface area (Å²) < 4.78 is 12.4. The van der Waals surface area contributed by atoms with Crippen LogP contribution in [0.1, 0.15) is 29.1 Å². The van der Waals surface area contributed by atoms with Crippen LogP contribution in [0.5, 0.6) is 11.5 Å². The van der Waals surface area contributed by atoms with E-state index in [0.29, 0.717) is 46.9 Å². The molecule has 2 aromatic carbocycles. The Balaban J connectivity index is 1.69. The predicted octanol–water partition coefficient (Wildman–Crippen LogP) is 3.07. The van der Waals surface area contributed by atoms with E-state index in [1.807, 2.05) is 19.1 Å². The van der Waals surface area contributed by atoms with Crippen molar-refractivity contribution in [2.75, 3.05) is 31.4 Å². The van der Waals surface area contributed by atoms with Gasteiger partial charge in [0.2, 0.25) is 5.91 Å². The van der Waals surface area contributed by atoms with Crippen LogP contribution in [0.25, 0.3) is 0 Å². The summed E-state index contributed by atoms with van der Waals surface area (Å²) in [5.41, 5.74) is 0.988. The molecule has 1 aromatic heterocycles. The van der Waals surface area contributed by atoms with Gasteiger partial charge in [0.15, 0.2) is 11.0 Å². The molecular formula is C25H29N5O5S. The summed E-state index contributed by atoms with van der Waals surface area (Å²) in [6, 6.07) is 13.0. The SMILES string of the molecule is C=CCn1c(SCC(=O)Nc2ccccc2OCC)nnc1[C@@H](CO)NC(=O)c1ccc(OC)cc1. The average Bonchev–Trinajstić information content (AvgIpc) is 3.29. The molecule has 0 aliphatic carbocycles. The standard InChI is InChI=1S/C25H29N5O5S/c1-4-14-30-23(20(15-31)27-24(33)17-10-12-18(34-3)13-11-17)28-29-25(30)36-16-22(32)26-19-8-6-7-9-21(19)35-5-2/h4,6-13,20,31H,1,5,14-16H2,2-3H3,(H,26,32)(H,27,33)/t20-/m1/s1. The van der Waals surface area contributed by atoms with E-state index in [1.165, 1.54) is 11.8 Å². The monoisotopic (exact) mass is 511 g/mol. The second-order valence-corrected chi connectivity index (χ2v) is 8.39. The van der Waals surface area contributed by atoms with Crippen molar-refractivity contribution in [1.29, 1.82) is 0 Å². The van der Waals surface area contributed by atoms with Gasteiger partial charge in [0.1, 0.15) is 17.5 Å². The maximum absolute atomic E-state index is 12.7. The molecule has 3 N–H and O–H groups in total. The number of carbonyl (C=O) groups excluding carboxylic acids is 2. The zero-order valence-electron chi connectivity index (χ0n) is 20.1. The number of nitrogens with zero attached hydrogens (tertiary/aromatic N) is 3. The zero-order chi connectivity index (χ0) is 25.9. The Kier molecular flexibility index (Phi) is 9.90. The van der Waals surface area contributed by atoms with Gasteiger partial charge in [-0.3, -0.25) is 9.59 Å². The fourth-order valence-electron chi connectivity index (χ4n) is 3.31. The molecule has 0 saturated carbocycles. The highest BCUT2D eigenvalue weighted by Crippen LogP contribution is 2.25. The number of nitrogens with one attached hydrogen (secondary N) is 2. The number of aromatic nitrogens is 3. The molecule has 0 bridgehead atoms. The Morgan fingerprint density at radius 3 is 2.61 bits per heavy atom. The highest BCUT2D eigenvalue weighted by Gasteiger charge is 2.23. The molecule has 0 aliphatic rings. The molecular weight excluding hydrogens is 482 g/mol. The molecule has 0 fully saturated rings. The van der Waals surface area contributed by atoms with E-state index in [2.05, 4.69) is 27.4 Å². The van der Waals surface area contributed by atoms with Crippen molar-refractivity contribution in [3.8, 4) is 11.5 Å². The average molecular weight is 512 g/mol. The summed E-state index contributed by atoms with van der Waals surface area (Å²) in [7, 11) is 1.54. The van der Waals surface area contributed by atoms with Crippen LogP contribution in [-0.4, -0.2) is 57.8 Å². The van der Waals surface area contributed by atoms with E-state index >= 15 is 0 Å². The molecule has 0 radical (unpaired) electrons. The molecule has 2 amide bonds. The Labute approximate surface area is 213 Å². The first kappa shape index (κ1) is 26.8. The van der Waals surface area contributed by atoms with Crippen LogP contribution in [-0.2, 0) is 11.3 Å². The Morgan fingerprint density at radius 1 is 1.19 bits per heavy atom. The number of para-hydroxylation sites is 2. The second kappa shape index (κ2) is 13.3. The first-order valence-corrected chi connectivity index (χ1v) is 12.2. The Bertz CT molecular complexity index is 1180. The van der Waals surface area contributed by atoms with Crippen molar-refractivity contribution in [2.24, 2.45) is 0 Å². The number of hydrogen-bond donors (Lipinski definition) is 3.